The number of piperazine rings is 1. The molecule has 2 nitrogen and oxygen atoms in total. The van der Waals surface area contributed by atoms with Crippen molar-refractivity contribution in [2.75, 3.05) is 24.5 Å². The Hall–Kier alpha value is -1.02. The molecule has 1 unspecified atom stereocenters. The summed E-state index contributed by atoms with van der Waals surface area (Å²) in [5, 5.41) is 3.52. The molecule has 0 aromatic heterocycles. The van der Waals surface area contributed by atoms with Gasteiger partial charge in [0.15, 0.2) is 0 Å². The first-order chi connectivity index (χ1) is 9.15. The van der Waals surface area contributed by atoms with Crippen LogP contribution >= 0.6 is 0 Å². The zero-order valence-corrected chi connectivity index (χ0v) is 12.4. The van der Waals surface area contributed by atoms with E-state index in [2.05, 4.69) is 49.2 Å². The minimum absolute atomic E-state index is 0.600. The third-order valence-electron chi connectivity index (χ3n) is 4.44. The molecule has 0 amide bonds. The van der Waals surface area contributed by atoms with Crippen molar-refractivity contribution >= 4 is 5.69 Å². The first-order valence-corrected chi connectivity index (χ1v) is 7.77. The summed E-state index contributed by atoms with van der Waals surface area (Å²) in [6, 6.07) is 7.79. The molecule has 1 atom stereocenters. The predicted octanol–water partition coefficient (Wildman–Crippen LogP) is 3.49. The van der Waals surface area contributed by atoms with Gasteiger partial charge in [0, 0.05) is 31.4 Å². The highest BCUT2D eigenvalue weighted by Crippen LogP contribution is 2.44. The Morgan fingerprint density at radius 3 is 2.68 bits per heavy atom. The predicted molar refractivity (Wildman–Crippen MR) is 82.2 cm³/mol. The van der Waals surface area contributed by atoms with Crippen LogP contribution in [0.5, 0.6) is 0 Å². The Bertz CT molecular complexity index is 449. The van der Waals surface area contributed by atoms with E-state index in [1.165, 1.54) is 18.5 Å². The van der Waals surface area contributed by atoms with Gasteiger partial charge in [0.1, 0.15) is 0 Å². The van der Waals surface area contributed by atoms with E-state index in [0.717, 1.165) is 25.6 Å². The van der Waals surface area contributed by atoms with Crippen molar-refractivity contribution in [1.82, 2.24) is 5.32 Å². The number of hydrogen-bond donors (Lipinski definition) is 1. The Balaban J connectivity index is 1.88. The van der Waals surface area contributed by atoms with Crippen LogP contribution in [0.15, 0.2) is 18.2 Å². The van der Waals surface area contributed by atoms with Gasteiger partial charge in [-0.3, -0.25) is 0 Å². The Morgan fingerprint density at radius 2 is 2.05 bits per heavy atom. The zero-order valence-electron chi connectivity index (χ0n) is 12.4. The molecule has 1 aliphatic carbocycles. The smallest absolute Gasteiger partial charge is 0.0370 e. The quantitative estimate of drug-likeness (QED) is 0.893. The molecule has 0 bridgehead atoms. The normalized spacial score (nSPS) is 24.0. The van der Waals surface area contributed by atoms with E-state index in [9.17, 15) is 0 Å². The first kappa shape index (κ1) is 13.0. The molecule has 1 saturated carbocycles. The number of nitrogens with zero attached hydrogens (tertiary/aromatic N) is 1. The van der Waals surface area contributed by atoms with E-state index in [1.54, 1.807) is 11.1 Å². The molecule has 104 valence electrons. The van der Waals surface area contributed by atoms with Gasteiger partial charge in [0.25, 0.3) is 0 Å². The van der Waals surface area contributed by atoms with E-state index in [-0.39, 0.29) is 0 Å². The molecule has 0 radical (unpaired) electrons. The molecule has 1 aliphatic heterocycles. The lowest BCUT2D eigenvalue weighted by atomic mass is 9.93. The molecule has 0 spiro atoms. The van der Waals surface area contributed by atoms with Crippen molar-refractivity contribution in [2.24, 2.45) is 0 Å². The molecule has 19 heavy (non-hydrogen) atoms. The van der Waals surface area contributed by atoms with E-state index in [0.29, 0.717) is 12.0 Å². The Kier molecular flexibility index (Phi) is 3.53. The molecule has 1 aromatic carbocycles. The van der Waals surface area contributed by atoms with E-state index >= 15 is 0 Å². The SMILES string of the molecule is CC1CN(c2ccc(C(C)C)c(C3CC3)c2)CCN1. The van der Waals surface area contributed by atoms with Crippen LogP contribution in [-0.2, 0) is 0 Å². The molecule has 2 fully saturated rings. The van der Waals surface area contributed by atoms with E-state index in [4.69, 9.17) is 0 Å². The fraction of sp³-hybridized carbons (Fsp3) is 0.647. The van der Waals surface area contributed by atoms with Gasteiger partial charge in [-0.15, -0.1) is 0 Å². The summed E-state index contributed by atoms with van der Waals surface area (Å²) in [6.07, 6.45) is 2.78. The number of rotatable bonds is 3. The van der Waals surface area contributed by atoms with Gasteiger partial charge in [-0.05, 0) is 54.9 Å². The second kappa shape index (κ2) is 5.16. The Morgan fingerprint density at radius 1 is 1.26 bits per heavy atom. The highest BCUT2D eigenvalue weighted by molar-refractivity contribution is 5.54. The zero-order chi connectivity index (χ0) is 13.4. The summed E-state index contributed by atoms with van der Waals surface area (Å²) in [5.74, 6) is 1.49. The Labute approximate surface area is 117 Å². The van der Waals surface area contributed by atoms with Crippen molar-refractivity contribution < 1.29 is 0 Å². The van der Waals surface area contributed by atoms with Crippen molar-refractivity contribution in [1.29, 1.82) is 0 Å². The van der Waals surface area contributed by atoms with Gasteiger partial charge in [-0.25, -0.2) is 0 Å². The summed E-state index contributed by atoms with van der Waals surface area (Å²) >= 11 is 0. The fourth-order valence-electron chi connectivity index (χ4n) is 3.20. The van der Waals surface area contributed by atoms with E-state index < -0.39 is 0 Å². The topological polar surface area (TPSA) is 15.3 Å². The molecular weight excluding hydrogens is 232 g/mol. The monoisotopic (exact) mass is 258 g/mol. The average Bonchev–Trinajstić information content (AvgIpc) is 3.22. The van der Waals surface area contributed by atoms with Crippen LogP contribution in [0.1, 0.15) is 56.6 Å². The van der Waals surface area contributed by atoms with Crippen LogP contribution in [0.2, 0.25) is 0 Å². The third-order valence-corrected chi connectivity index (χ3v) is 4.44. The average molecular weight is 258 g/mol. The van der Waals surface area contributed by atoms with Crippen LogP contribution in [0.25, 0.3) is 0 Å². The molecular formula is C17H26N2. The maximum atomic E-state index is 3.52. The number of nitrogens with one attached hydrogen (secondary N) is 1. The summed E-state index contributed by atoms with van der Waals surface area (Å²) in [5.41, 5.74) is 4.62. The van der Waals surface area contributed by atoms with Gasteiger partial charge in [0.05, 0.1) is 0 Å². The standard InChI is InChI=1S/C17H26N2/c1-12(2)16-7-6-15(10-17(16)14-4-5-14)19-9-8-18-13(3)11-19/h6-7,10,12-14,18H,4-5,8-9,11H2,1-3H3. The highest BCUT2D eigenvalue weighted by Gasteiger charge is 2.27. The molecule has 1 saturated heterocycles. The lowest BCUT2D eigenvalue weighted by Crippen LogP contribution is -2.49. The van der Waals surface area contributed by atoms with E-state index in [1.807, 2.05) is 0 Å². The largest absolute Gasteiger partial charge is 0.369 e. The molecule has 1 N–H and O–H groups in total. The number of anilines is 1. The first-order valence-electron chi connectivity index (χ1n) is 7.77. The van der Waals surface area contributed by atoms with Crippen LogP contribution in [0, 0.1) is 0 Å². The molecule has 2 aliphatic rings. The number of benzene rings is 1. The lowest BCUT2D eigenvalue weighted by molar-refractivity contribution is 0.484. The highest BCUT2D eigenvalue weighted by atomic mass is 15.2. The maximum Gasteiger partial charge on any atom is 0.0370 e. The fourth-order valence-corrected chi connectivity index (χ4v) is 3.20. The second-order valence-electron chi connectivity index (χ2n) is 6.54. The lowest BCUT2D eigenvalue weighted by Gasteiger charge is -2.34. The van der Waals surface area contributed by atoms with Gasteiger partial charge >= 0.3 is 0 Å². The summed E-state index contributed by atoms with van der Waals surface area (Å²) in [6.45, 7) is 10.3. The molecule has 3 rings (SSSR count). The molecule has 1 heterocycles. The van der Waals surface area contributed by atoms with Gasteiger partial charge in [-0.1, -0.05) is 19.9 Å². The second-order valence-corrected chi connectivity index (χ2v) is 6.54. The van der Waals surface area contributed by atoms with Crippen molar-refractivity contribution in [3.05, 3.63) is 29.3 Å². The summed E-state index contributed by atoms with van der Waals surface area (Å²) in [4.78, 5) is 2.54. The van der Waals surface area contributed by atoms with Gasteiger partial charge in [0.2, 0.25) is 0 Å². The molecule has 1 aromatic rings. The third kappa shape index (κ3) is 2.79. The summed E-state index contributed by atoms with van der Waals surface area (Å²) in [7, 11) is 0. The van der Waals surface area contributed by atoms with Crippen LogP contribution < -0.4 is 10.2 Å². The van der Waals surface area contributed by atoms with Crippen molar-refractivity contribution in [2.45, 2.75) is 51.5 Å². The molecule has 2 heteroatoms. The van der Waals surface area contributed by atoms with Gasteiger partial charge in [-0.2, -0.15) is 0 Å². The summed E-state index contributed by atoms with van der Waals surface area (Å²) < 4.78 is 0. The van der Waals surface area contributed by atoms with Crippen LogP contribution in [0.4, 0.5) is 5.69 Å². The van der Waals surface area contributed by atoms with Crippen molar-refractivity contribution in [3.8, 4) is 0 Å². The maximum absolute atomic E-state index is 3.52. The minimum atomic E-state index is 0.600. The van der Waals surface area contributed by atoms with Gasteiger partial charge < -0.3 is 10.2 Å². The van der Waals surface area contributed by atoms with Crippen LogP contribution in [-0.4, -0.2) is 25.7 Å². The van der Waals surface area contributed by atoms with Crippen LogP contribution in [0.3, 0.4) is 0 Å². The minimum Gasteiger partial charge on any atom is -0.369 e. The van der Waals surface area contributed by atoms with Crippen molar-refractivity contribution in [3.63, 3.8) is 0 Å². The number of hydrogen-bond acceptors (Lipinski definition) is 2.